The summed E-state index contributed by atoms with van der Waals surface area (Å²) >= 11 is 0. The molecule has 0 spiro atoms. The first kappa shape index (κ1) is 15.9. The molecule has 0 amide bonds. The molecule has 2 fully saturated rings. The van der Waals surface area contributed by atoms with Crippen LogP contribution in [0.15, 0.2) is 24.3 Å². The van der Waals surface area contributed by atoms with E-state index in [-0.39, 0.29) is 0 Å². The lowest BCUT2D eigenvalue weighted by molar-refractivity contribution is 0.182. The molecule has 2 nitrogen and oxygen atoms in total. The van der Waals surface area contributed by atoms with Crippen LogP contribution in [0.1, 0.15) is 56.9 Å². The highest BCUT2D eigenvalue weighted by Crippen LogP contribution is 2.30. The second kappa shape index (κ2) is 8.57. The van der Waals surface area contributed by atoms with Gasteiger partial charge in [0.2, 0.25) is 0 Å². The number of benzene rings is 1. The molecule has 1 aromatic carbocycles. The molecule has 2 heteroatoms. The molecule has 0 unspecified atom stereocenters. The third-order valence-corrected chi connectivity index (χ3v) is 5.32. The molecule has 22 heavy (non-hydrogen) atoms. The van der Waals surface area contributed by atoms with E-state index in [1.165, 1.54) is 76.4 Å². The van der Waals surface area contributed by atoms with Crippen molar-refractivity contribution in [2.45, 2.75) is 57.8 Å². The number of para-hydroxylation sites is 1. The minimum Gasteiger partial charge on any atom is -0.492 e. The maximum absolute atomic E-state index is 6.14. The first-order valence-electron chi connectivity index (χ1n) is 9.35. The lowest BCUT2D eigenvalue weighted by Crippen LogP contribution is -2.33. The third-order valence-electron chi connectivity index (χ3n) is 5.32. The molecule has 1 aliphatic heterocycles. The summed E-state index contributed by atoms with van der Waals surface area (Å²) in [7, 11) is 0. The zero-order valence-electron chi connectivity index (χ0n) is 13.9. The average molecular weight is 301 g/mol. The van der Waals surface area contributed by atoms with Gasteiger partial charge in [-0.05, 0) is 49.9 Å². The normalized spacial score (nSPS) is 20.9. The lowest BCUT2D eigenvalue weighted by Gasteiger charge is -2.26. The van der Waals surface area contributed by atoms with Gasteiger partial charge in [-0.15, -0.1) is 0 Å². The minimum absolute atomic E-state index is 0.835. The summed E-state index contributed by atoms with van der Waals surface area (Å²) in [6, 6.07) is 8.70. The Morgan fingerprint density at radius 3 is 2.45 bits per heavy atom. The molecule has 0 N–H and O–H groups in total. The van der Waals surface area contributed by atoms with Crippen LogP contribution in [0.25, 0.3) is 0 Å². The van der Waals surface area contributed by atoms with Crippen molar-refractivity contribution in [2.75, 3.05) is 26.2 Å². The summed E-state index contributed by atoms with van der Waals surface area (Å²) in [6.45, 7) is 4.43. The van der Waals surface area contributed by atoms with Crippen LogP contribution in [0.2, 0.25) is 0 Å². The van der Waals surface area contributed by atoms with Gasteiger partial charge in [-0.3, -0.25) is 4.90 Å². The molecule has 122 valence electrons. The summed E-state index contributed by atoms with van der Waals surface area (Å²) in [6.07, 6.45) is 12.4. The highest BCUT2D eigenvalue weighted by molar-refractivity contribution is 5.33. The molecular weight excluding hydrogens is 270 g/mol. The molecule has 1 heterocycles. The van der Waals surface area contributed by atoms with Crippen molar-refractivity contribution in [3.05, 3.63) is 29.8 Å². The molecular formula is C20H31NO. The molecule has 1 saturated carbocycles. The Morgan fingerprint density at radius 2 is 1.64 bits per heavy atom. The van der Waals surface area contributed by atoms with E-state index in [2.05, 4.69) is 29.2 Å². The van der Waals surface area contributed by atoms with E-state index in [0.717, 1.165) is 24.8 Å². The third kappa shape index (κ3) is 4.74. The van der Waals surface area contributed by atoms with Gasteiger partial charge in [0.15, 0.2) is 0 Å². The van der Waals surface area contributed by atoms with Crippen LogP contribution in [0.3, 0.4) is 0 Å². The van der Waals surface area contributed by atoms with Crippen molar-refractivity contribution in [3.63, 3.8) is 0 Å². The average Bonchev–Trinajstić information content (AvgIpc) is 2.58. The van der Waals surface area contributed by atoms with Crippen molar-refractivity contribution >= 4 is 0 Å². The fourth-order valence-electron chi connectivity index (χ4n) is 3.98. The number of hydrogen-bond donors (Lipinski definition) is 0. The van der Waals surface area contributed by atoms with Crippen LogP contribution in [-0.2, 0) is 6.42 Å². The Kier molecular flexibility index (Phi) is 6.18. The van der Waals surface area contributed by atoms with Gasteiger partial charge in [-0.2, -0.15) is 0 Å². The standard InChI is InChI=1S/C20H31NO/c1-3-9-18(10-4-1)17-19-11-5-6-12-20(19)22-16-15-21-13-7-2-8-14-21/h5-6,11-12,18H,1-4,7-10,13-17H2. The summed E-state index contributed by atoms with van der Waals surface area (Å²) in [5, 5.41) is 0. The van der Waals surface area contributed by atoms with Crippen molar-refractivity contribution in [1.29, 1.82) is 0 Å². The fourth-order valence-corrected chi connectivity index (χ4v) is 3.98. The minimum atomic E-state index is 0.835. The molecule has 0 atom stereocenters. The van der Waals surface area contributed by atoms with Crippen molar-refractivity contribution < 1.29 is 4.74 Å². The van der Waals surface area contributed by atoms with Crippen molar-refractivity contribution in [1.82, 2.24) is 4.90 Å². The van der Waals surface area contributed by atoms with Crippen LogP contribution in [-0.4, -0.2) is 31.1 Å². The van der Waals surface area contributed by atoms with E-state index in [1.54, 1.807) is 0 Å². The Morgan fingerprint density at radius 1 is 0.909 bits per heavy atom. The fraction of sp³-hybridized carbons (Fsp3) is 0.700. The van der Waals surface area contributed by atoms with Gasteiger partial charge in [0.05, 0.1) is 0 Å². The predicted molar refractivity (Wildman–Crippen MR) is 92.5 cm³/mol. The smallest absolute Gasteiger partial charge is 0.122 e. The number of ether oxygens (including phenoxy) is 1. The second-order valence-electron chi connectivity index (χ2n) is 7.07. The van der Waals surface area contributed by atoms with Gasteiger partial charge in [0.1, 0.15) is 12.4 Å². The van der Waals surface area contributed by atoms with Gasteiger partial charge in [0.25, 0.3) is 0 Å². The zero-order valence-corrected chi connectivity index (χ0v) is 13.9. The maximum Gasteiger partial charge on any atom is 0.122 e. The highest BCUT2D eigenvalue weighted by atomic mass is 16.5. The molecule has 1 saturated heterocycles. The van der Waals surface area contributed by atoms with Gasteiger partial charge >= 0.3 is 0 Å². The quantitative estimate of drug-likeness (QED) is 0.757. The maximum atomic E-state index is 6.14. The first-order chi connectivity index (χ1) is 10.9. The largest absolute Gasteiger partial charge is 0.492 e. The zero-order chi connectivity index (χ0) is 15.0. The number of piperidine rings is 1. The van der Waals surface area contributed by atoms with E-state index >= 15 is 0 Å². The summed E-state index contributed by atoms with van der Waals surface area (Å²) in [4.78, 5) is 2.55. The molecule has 0 bridgehead atoms. The number of rotatable bonds is 6. The van der Waals surface area contributed by atoms with Gasteiger partial charge in [0, 0.05) is 6.54 Å². The van der Waals surface area contributed by atoms with Crippen LogP contribution >= 0.6 is 0 Å². The SMILES string of the molecule is c1ccc(OCCN2CCCCC2)c(CC2CCCCC2)c1. The summed E-state index contributed by atoms with van der Waals surface area (Å²) in [5.41, 5.74) is 1.42. The van der Waals surface area contributed by atoms with E-state index in [1.807, 2.05) is 0 Å². The molecule has 1 aliphatic carbocycles. The number of nitrogens with zero attached hydrogens (tertiary/aromatic N) is 1. The lowest BCUT2D eigenvalue weighted by atomic mass is 9.85. The monoisotopic (exact) mass is 301 g/mol. The van der Waals surface area contributed by atoms with E-state index in [4.69, 9.17) is 4.74 Å². The molecule has 3 rings (SSSR count). The Balaban J connectivity index is 1.49. The number of likely N-dealkylation sites (tertiary alicyclic amines) is 1. The van der Waals surface area contributed by atoms with Crippen molar-refractivity contribution in [3.8, 4) is 5.75 Å². The van der Waals surface area contributed by atoms with Crippen LogP contribution in [0, 0.1) is 5.92 Å². The Labute approximate surface area is 135 Å². The van der Waals surface area contributed by atoms with Crippen molar-refractivity contribution in [2.24, 2.45) is 5.92 Å². The van der Waals surface area contributed by atoms with Gasteiger partial charge in [-0.25, -0.2) is 0 Å². The molecule has 1 aromatic rings. The first-order valence-corrected chi connectivity index (χ1v) is 9.35. The molecule has 0 radical (unpaired) electrons. The van der Waals surface area contributed by atoms with E-state index in [9.17, 15) is 0 Å². The Bertz CT molecular complexity index is 433. The van der Waals surface area contributed by atoms with Crippen LogP contribution < -0.4 is 4.74 Å². The number of hydrogen-bond acceptors (Lipinski definition) is 2. The van der Waals surface area contributed by atoms with E-state index < -0.39 is 0 Å². The molecule has 2 aliphatic rings. The van der Waals surface area contributed by atoms with Gasteiger partial charge < -0.3 is 4.74 Å². The highest BCUT2D eigenvalue weighted by Gasteiger charge is 2.16. The van der Waals surface area contributed by atoms with Gasteiger partial charge in [-0.1, -0.05) is 56.7 Å². The molecule has 0 aromatic heterocycles. The Hall–Kier alpha value is -1.02. The topological polar surface area (TPSA) is 12.5 Å². The van der Waals surface area contributed by atoms with Crippen LogP contribution in [0.4, 0.5) is 0 Å². The second-order valence-corrected chi connectivity index (χ2v) is 7.07. The summed E-state index contributed by atoms with van der Waals surface area (Å²) < 4.78 is 6.14. The van der Waals surface area contributed by atoms with E-state index in [0.29, 0.717) is 0 Å². The summed E-state index contributed by atoms with van der Waals surface area (Å²) in [5.74, 6) is 2.01. The predicted octanol–water partition coefficient (Wildman–Crippen LogP) is 4.67. The van der Waals surface area contributed by atoms with Crippen LogP contribution in [0.5, 0.6) is 5.75 Å².